The van der Waals surface area contributed by atoms with Crippen LogP contribution in [0.3, 0.4) is 0 Å². The Morgan fingerprint density at radius 2 is 2.27 bits per heavy atom. The van der Waals surface area contributed by atoms with Crippen LogP contribution in [0.15, 0.2) is 35.4 Å². The number of likely N-dealkylation sites (tertiary alicyclic amines) is 1. The molecular formula is C17H19N7O2. The Morgan fingerprint density at radius 1 is 1.38 bits per heavy atom. The van der Waals surface area contributed by atoms with Gasteiger partial charge in [0.1, 0.15) is 11.6 Å². The number of pyridine rings is 1. The zero-order valence-corrected chi connectivity index (χ0v) is 14.3. The molecule has 0 aliphatic carbocycles. The van der Waals surface area contributed by atoms with Crippen LogP contribution in [-0.4, -0.2) is 47.1 Å². The number of imidazole rings is 1. The van der Waals surface area contributed by atoms with Crippen molar-refractivity contribution in [3.05, 3.63) is 58.4 Å². The molecule has 0 saturated carbocycles. The molecule has 1 aliphatic rings. The molecule has 1 saturated heterocycles. The van der Waals surface area contributed by atoms with Crippen LogP contribution in [0.2, 0.25) is 0 Å². The topological polar surface area (TPSA) is 113 Å². The predicted octanol–water partition coefficient (Wildman–Crippen LogP) is 1.22. The summed E-state index contributed by atoms with van der Waals surface area (Å²) in [6, 6.07) is 5.65. The Hall–Kier alpha value is -3.23. The van der Waals surface area contributed by atoms with Crippen LogP contribution in [-0.2, 0) is 6.42 Å². The first-order chi connectivity index (χ1) is 12.7. The van der Waals surface area contributed by atoms with Crippen LogP contribution in [0.1, 0.15) is 47.9 Å². The highest BCUT2D eigenvalue weighted by molar-refractivity contribution is 5.90. The molecule has 0 aromatic carbocycles. The number of aromatic nitrogens is 6. The number of carbonyl (C=O) groups is 1. The smallest absolute Gasteiger partial charge is 0.327 e. The molecule has 1 aliphatic heterocycles. The van der Waals surface area contributed by atoms with E-state index in [1.165, 1.54) is 0 Å². The summed E-state index contributed by atoms with van der Waals surface area (Å²) in [5.74, 6) is 1.45. The number of H-pyrrole nitrogens is 2. The third kappa shape index (κ3) is 2.81. The van der Waals surface area contributed by atoms with Gasteiger partial charge in [-0.1, -0.05) is 13.0 Å². The van der Waals surface area contributed by atoms with Crippen molar-refractivity contribution in [2.45, 2.75) is 32.2 Å². The highest BCUT2D eigenvalue weighted by Gasteiger charge is 2.33. The Labute approximate surface area is 149 Å². The minimum absolute atomic E-state index is 0.0286. The van der Waals surface area contributed by atoms with Crippen LogP contribution >= 0.6 is 0 Å². The predicted molar refractivity (Wildman–Crippen MR) is 93.0 cm³/mol. The van der Waals surface area contributed by atoms with Gasteiger partial charge in [0.25, 0.3) is 5.91 Å². The van der Waals surface area contributed by atoms with E-state index in [0.29, 0.717) is 6.54 Å². The van der Waals surface area contributed by atoms with Gasteiger partial charge in [0.15, 0.2) is 0 Å². The lowest BCUT2D eigenvalue weighted by Crippen LogP contribution is -2.32. The lowest BCUT2D eigenvalue weighted by Gasteiger charge is -2.23. The second kappa shape index (κ2) is 6.58. The summed E-state index contributed by atoms with van der Waals surface area (Å²) in [7, 11) is 0. The monoisotopic (exact) mass is 353 g/mol. The Kier molecular flexibility index (Phi) is 4.11. The maximum absolute atomic E-state index is 12.7. The Morgan fingerprint density at radius 3 is 3.04 bits per heavy atom. The molecule has 0 spiro atoms. The minimum Gasteiger partial charge on any atom is -0.327 e. The fourth-order valence-corrected chi connectivity index (χ4v) is 3.39. The first-order valence-corrected chi connectivity index (χ1v) is 8.62. The molecule has 3 aromatic heterocycles. The van der Waals surface area contributed by atoms with Gasteiger partial charge in [-0.2, -0.15) is 0 Å². The number of rotatable bonds is 4. The van der Waals surface area contributed by atoms with E-state index in [1.807, 2.05) is 35.9 Å². The summed E-state index contributed by atoms with van der Waals surface area (Å²) in [5, 5.41) is 5.99. The van der Waals surface area contributed by atoms with Gasteiger partial charge < -0.3 is 4.90 Å². The van der Waals surface area contributed by atoms with Crippen molar-refractivity contribution in [1.29, 1.82) is 0 Å². The van der Waals surface area contributed by atoms with Crippen LogP contribution in [0, 0.1) is 0 Å². The van der Waals surface area contributed by atoms with Crippen molar-refractivity contribution in [1.82, 2.24) is 34.6 Å². The number of nitrogens with zero attached hydrogens (tertiary/aromatic N) is 5. The van der Waals surface area contributed by atoms with Crippen molar-refractivity contribution in [2.24, 2.45) is 0 Å². The molecule has 9 heteroatoms. The number of aryl methyl sites for hydroxylation is 1. The summed E-state index contributed by atoms with van der Waals surface area (Å²) < 4.78 is 1.95. The third-order valence-corrected chi connectivity index (χ3v) is 4.60. The van der Waals surface area contributed by atoms with E-state index in [9.17, 15) is 9.59 Å². The van der Waals surface area contributed by atoms with E-state index in [2.05, 4.69) is 20.2 Å². The Bertz CT molecular complexity index is 987. The molecule has 1 atom stereocenters. The SMILES string of the molecule is CCc1nccn1-c1cccc(C2CCCN2C(=O)c2n[nH]c(=O)[nH]2)n1. The minimum atomic E-state index is -0.489. The fraction of sp³-hybridized carbons (Fsp3) is 0.353. The summed E-state index contributed by atoms with van der Waals surface area (Å²) >= 11 is 0. The van der Waals surface area contributed by atoms with E-state index in [0.717, 1.165) is 36.6 Å². The van der Waals surface area contributed by atoms with Gasteiger partial charge in [-0.15, -0.1) is 5.10 Å². The zero-order chi connectivity index (χ0) is 18.1. The molecule has 3 aromatic rings. The van der Waals surface area contributed by atoms with Crippen molar-refractivity contribution in [3.8, 4) is 5.82 Å². The average molecular weight is 353 g/mol. The molecule has 0 radical (unpaired) electrons. The van der Waals surface area contributed by atoms with E-state index >= 15 is 0 Å². The van der Waals surface area contributed by atoms with Crippen molar-refractivity contribution >= 4 is 5.91 Å². The summed E-state index contributed by atoms with van der Waals surface area (Å²) in [6.45, 7) is 2.65. The lowest BCUT2D eigenvalue weighted by molar-refractivity contribution is 0.0721. The van der Waals surface area contributed by atoms with Gasteiger partial charge in [0.05, 0.1) is 11.7 Å². The molecule has 4 heterocycles. The highest BCUT2D eigenvalue weighted by atomic mass is 16.2. The van der Waals surface area contributed by atoms with Crippen LogP contribution in [0.5, 0.6) is 0 Å². The van der Waals surface area contributed by atoms with Crippen LogP contribution in [0.25, 0.3) is 5.82 Å². The quantitative estimate of drug-likeness (QED) is 0.732. The molecule has 2 N–H and O–H groups in total. The third-order valence-electron chi connectivity index (χ3n) is 4.60. The molecule has 1 fully saturated rings. The van der Waals surface area contributed by atoms with Crippen LogP contribution < -0.4 is 5.69 Å². The van der Waals surface area contributed by atoms with Gasteiger partial charge >= 0.3 is 5.69 Å². The van der Waals surface area contributed by atoms with Crippen molar-refractivity contribution in [2.75, 3.05) is 6.54 Å². The molecule has 0 bridgehead atoms. The molecule has 4 rings (SSSR count). The highest BCUT2D eigenvalue weighted by Crippen LogP contribution is 2.32. The second-order valence-corrected chi connectivity index (χ2v) is 6.17. The van der Waals surface area contributed by atoms with Crippen molar-refractivity contribution in [3.63, 3.8) is 0 Å². The Balaban J connectivity index is 1.65. The number of hydrogen-bond donors (Lipinski definition) is 2. The first-order valence-electron chi connectivity index (χ1n) is 8.62. The number of nitrogens with one attached hydrogen (secondary N) is 2. The normalized spacial score (nSPS) is 17.0. The molecule has 26 heavy (non-hydrogen) atoms. The number of amides is 1. The van der Waals surface area contributed by atoms with Gasteiger partial charge in [-0.25, -0.2) is 19.9 Å². The van der Waals surface area contributed by atoms with E-state index in [4.69, 9.17) is 4.98 Å². The summed E-state index contributed by atoms with van der Waals surface area (Å²) in [6.07, 6.45) is 6.15. The zero-order valence-electron chi connectivity index (χ0n) is 14.3. The molecule has 1 amide bonds. The number of aromatic amines is 2. The van der Waals surface area contributed by atoms with E-state index < -0.39 is 5.69 Å². The standard InChI is InChI=1S/C17H19N7O2/c1-2-13-18-8-10-24(13)14-7-3-5-11(19-14)12-6-4-9-23(12)16(25)15-20-17(26)22-21-15/h3,5,7-8,10,12H,2,4,6,9H2,1H3,(H2,20,21,22,26). The molecular weight excluding hydrogens is 334 g/mol. The first kappa shape index (κ1) is 16.2. The maximum Gasteiger partial charge on any atom is 0.341 e. The van der Waals surface area contributed by atoms with Crippen molar-refractivity contribution < 1.29 is 4.79 Å². The number of carbonyl (C=O) groups excluding carboxylic acids is 1. The second-order valence-electron chi connectivity index (χ2n) is 6.17. The molecule has 9 nitrogen and oxygen atoms in total. The lowest BCUT2D eigenvalue weighted by atomic mass is 10.1. The maximum atomic E-state index is 12.7. The largest absolute Gasteiger partial charge is 0.341 e. The van der Waals surface area contributed by atoms with Gasteiger partial charge in [-0.05, 0) is 25.0 Å². The van der Waals surface area contributed by atoms with Gasteiger partial charge in [-0.3, -0.25) is 14.3 Å². The van der Waals surface area contributed by atoms with Crippen LogP contribution in [0.4, 0.5) is 0 Å². The van der Waals surface area contributed by atoms with E-state index in [1.54, 1.807) is 11.1 Å². The summed E-state index contributed by atoms with van der Waals surface area (Å²) in [4.78, 5) is 37.2. The average Bonchev–Trinajstić information content (AvgIpc) is 3.41. The molecule has 1 unspecified atom stereocenters. The molecule has 134 valence electrons. The van der Waals surface area contributed by atoms with Gasteiger partial charge in [0, 0.05) is 25.4 Å². The van der Waals surface area contributed by atoms with E-state index in [-0.39, 0.29) is 17.8 Å². The fourth-order valence-electron chi connectivity index (χ4n) is 3.39. The van der Waals surface area contributed by atoms with Gasteiger partial charge in [0.2, 0.25) is 5.82 Å². The summed E-state index contributed by atoms with van der Waals surface area (Å²) in [5.41, 5.74) is 0.332. The number of hydrogen-bond acceptors (Lipinski definition) is 5.